The Morgan fingerprint density at radius 2 is 1.89 bits per heavy atom. The van der Waals surface area contributed by atoms with Gasteiger partial charge in [0.05, 0.1) is 5.02 Å². The molecular formula is C15H15ClN2O. The van der Waals surface area contributed by atoms with Crippen LogP contribution in [0.2, 0.25) is 5.02 Å². The fourth-order valence-corrected chi connectivity index (χ4v) is 1.92. The van der Waals surface area contributed by atoms with Crippen LogP contribution in [0.3, 0.4) is 0 Å². The van der Waals surface area contributed by atoms with Crippen molar-refractivity contribution >= 4 is 17.4 Å². The summed E-state index contributed by atoms with van der Waals surface area (Å²) in [5.74, 6) is 1.32. The van der Waals surface area contributed by atoms with E-state index in [1.807, 2.05) is 32.0 Å². The molecule has 0 saturated carbocycles. The number of aryl methyl sites for hydroxylation is 1. The van der Waals surface area contributed by atoms with Crippen LogP contribution in [0.5, 0.6) is 11.5 Å². The highest BCUT2D eigenvalue weighted by Crippen LogP contribution is 2.32. The first-order chi connectivity index (χ1) is 8.99. The Bertz CT molecular complexity index is 638. The Hall–Kier alpha value is -2.00. The number of hydrogen-bond acceptors (Lipinski definition) is 2. The molecule has 4 heteroatoms. The zero-order chi connectivity index (χ0) is 14.0. The van der Waals surface area contributed by atoms with Crippen molar-refractivity contribution in [2.45, 2.75) is 13.8 Å². The van der Waals surface area contributed by atoms with Crippen LogP contribution in [-0.2, 0) is 0 Å². The zero-order valence-corrected chi connectivity index (χ0v) is 11.6. The van der Waals surface area contributed by atoms with Crippen LogP contribution >= 0.6 is 11.6 Å². The summed E-state index contributed by atoms with van der Waals surface area (Å²) in [6, 6.07) is 10.9. The van der Waals surface area contributed by atoms with Gasteiger partial charge in [0.15, 0.2) is 0 Å². The molecule has 0 heterocycles. The Morgan fingerprint density at radius 1 is 1.16 bits per heavy atom. The van der Waals surface area contributed by atoms with Crippen LogP contribution < -0.4 is 10.5 Å². The van der Waals surface area contributed by atoms with Crippen molar-refractivity contribution < 1.29 is 4.74 Å². The van der Waals surface area contributed by atoms with Gasteiger partial charge in [0.1, 0.15) is 17.3 Å². The topological polar surface area (TPSA) is 59.1 Å². The lowest BCUT2D eigenvalue weighted by Crippen LogP contribution is -2.10. The average molecular weight is 275 g/mol. The Kier molecular flexibility index (Phi) is 3.76. The van der Waals surface area contributed by atoms with E-state index in [2.05, 4.69) is 0 Å². The molecule has 0 aliphatic carbocycles. The second kappa shape index (κ2) is 5.33. The molecule has 3 N–H and O–H groups in total. The van der Waals surface area contributed by atoms with Crippen molar-refractivity contribution in [1.82, 2.24) is 0 Å². The highest BCUT2D eigenvalue weighted by atomic mass is 35.5. The molecule has 0 aromatic heterocycles. The highest BCUT2D eigenvalue weighted by molar-refractivity contribution is 6.32. The molecule has 0 amide bonds. The Labute approximate surface area is 117 Å². The summed E-state index contributed by atoms with van der Waals surface area (Å²) in [6.07, 6.45) is 0. The van der Waals surface area contributed by atoms with Crippen molar-refractivity contribution in [1.29, 1.82) is 5.41 Å². The van der Waals surface area contributed by atoms with Gasteiger partial charge in [0.25, 0.3) is 0 Å². The standard InChI is InChI=1S/C15H15ClN2O/c1-9-4-3-5-13(10(9)2)19-14-7-6-11(15(17)18)8-12(14)16/h3-8H,1-2H3,(H3,17,18). The van der Waals surface area contributed by atoms with Crippen LogP contribution in [0.4, 0.5) is 0 Å². The summed E-state index contributed by atoms with van der Waals surface area (Å²) in [4.78, 5) is 0. The van der Waals surface area contributed by atoms with E-state index in [-0.39, 0.29) is 5.84 Å². The third kappa shape index (κ3) is 2.88. The van der Waals surface area contributed by atoms with Crippen LogP contribution in [-0.4, -0.2) is 5.84 Å². The fraction of sp³-hybridized carbons (Fsp3) is 0.133. The van der Waals surface area contributed by atoms with E-state index in [4.69, 9.17) is 27.5 Å². The van der Waals surface area contributed by atoms with E-state index in [0.717, 1.165) is 16.9 Å². The Morgan fingerprint density at radius 3 is 2.53 bits per heavy atom. The average Bonchev–Trinajstić information content (AvgIpc) is 2.37. The first-order valence-electron chi connectivity index (χ1n) is 5.87. The molecule has 0 unspecified atom stereocenters. The van der Waals surface area contributed by atoms with Gasteiger partial charge in [-0.1, -0.05) is 23.7 Å². The lowest BCUT2D eigenvalue weighted by atomic mass is 10.1. The molecule has 2 rings (SSSR count). The van der Waals surface area contributed by atoms with Crippen molar-refractivity contribution in [2.75, 3.05) is 0 Å². The summed E-state index contributed by atoms with van der Waals surface area (Å²) in [6.45, 7) is 4.03. The number of ether oxygens (including phenoxy) is 1. The lowest BCUT2D eigenvalue weighted by molar-refractivity contribution is 0.478. The van der Waals surface area contributed by atoms with Crippen molar-refractivity contribution in [3.63, 3.8) is 0 Å². The van der Waals surface area contributed by atoms with Crippen molar-refractivity contribution in [3.8, 4) is 11.5 Å². The molecule has 2 aromatic carbocycles. The van der Waals surface area contributed by atoms with Gasteiger partial charge >= 0.3 is 0 Å². The van der Waals surface area contributed by atoms with Gasteiger partial charge in [-0.3, -0.25) is 5.41 Å². The summed E-state index contributed by atoms with van der Waals surface area (Å²) < 4.78 is 5.81. The second-order valence-electron chi connectivity index (χ2n) is 4.36. The maximum atomic E-state index is 7.36. The molecule has 2 aromatic rings. The van der Waals surface area contributed by atoms with E-state index in [9.17, 15) is 0 Å². The van der Waals surface area contributed by atoms with Crippen molar-refractivity contribution in [3.05, 3.63) is 58.1 Å². The number of rotatable bonds is 3. The van der Waals surface area contributed by atoms with Gasteiger partial charge in [0.2, 0.25) is 0 Å². The molecule has 3 nitrogen and oxygen atoms in total. The predicted octanol–water partition coefficient (Wildman–Crippen LogP) is 4.03. The highest BCUT2D eigenvalue weighted by Gasteiger charge is 2.08. The van der Waals surface area contributed by atoms with Crippen LogP contribution in [0.1, 0.15) is 16.7 Å². The summed E-state index contributed by atoms with van der Waals surface area (Å²) in [7, 11) is 0. The third-order valence-corrected chi connectivity index (χ3v) is 3.31. The molecule has 0 spiro atoms. The minimum Gasteiger partial charge on any atom is -0.456 e. The first-order valence-corrected chi connectivity index (χ1v) is 6.25. The lowest BCUT2D eigenvalue weighted by Gasteiger charge is -2.12. The number of nitrogens with two attached hydrogens (primary N) is 1. The largest absolute Gasteiger partial charge is 0.456 e. The van der Waals surface area contributed by atoms with Gasteiger partial charge in [-0.25, -0.2) is 0 Å². The molecule has 0 bridgehead atoms. The maximum absolute atomic E-state index is 7.36. The molecule has 0 aliphatic heterocycles. The molecule has 0 saturated heterocycles. The molecule has 98 valence electrons. The van der Waals surface area contributed by atoms with Crippen LogP contribution in [0.15, 0.2) is 36.4 Å². The zero-order valence-electron chi connectivity index (χ0n) is 10.8. The molecule has 0 atom stereocenters. The summed E-state index contributed by atoms with van der Waals surface area (Å²) in [5, 5.41) is 7.80. The van der Waals surface area contributed by atoms with Crippen LogP contribution in [0.25, 0.3) is 0 Å². The number of nitrogen functional groups attached to an aromatic ring is 1. The molecule has 0 fully saturated rings. The van der Waals surface area contributed by atoms with Crippen molar-refractivity contribution in [2.24, 2.45) is 5.73 Å². The molecule has 19 heavy (non-hydrogen) atoms. The minimum absolute atomic E-state index is 0.0137. The monoisotopic (exact) mass is 274 g/mol. The van der Waals surface area contributed by atoms with E-state index in [1.54, 1.807) is 18.2 Å². The number of hydrogen-bond donors (Lipinski definition) is 2. The second-order valence-corrected chi connectivity index (χ2v) is 4.77. The van der Waals surface area contributed by atoms with E-state index < -0.39 is 0 Å². The van der Waals surface area contributed by atoms with E-state index in [0.29, 0.717) is 16.3 Å². The van der Waals surface area contributed by atoms with E-state index in [1.165, 1.54) is 0 Å². The predicted molar refractivity (Wildman–Crippen MR) is 78.5 cm³/mol. The third-order valence-electron chi connectivity index (χ3n) is 3.02. The molecular weight excluding hydrogens is 260 g/mol. The van der Waals surface area contributed by atoms with Crippen LogP contribution in [0, 0.1) is 19.3 Å². The number of benzene rings is 2. The fourth-order valence-electron chi connectivity index (χ4n) is 1.70. The van der Waals surface area contributed by atoms with Gasteiger partial charge in [-0.05, 0) is 49.2 Å². The van der Waals surface area contributed by atoms with Gasteiger partial charge < -0.3 is 10.5 Å². The Balaban J connectivity index is 2.34. The molecule has 0 aliphatic rings. The summed E-state index contributed by atoms with van der Waals surface area (Å²) >= 11 is 6.14. The SMILES string of the molecule is Cc1cccc(Oc2ccc(C(=N)N)cc2Cl)c1C. The maximum Gasteiger partial charge on any atom is 0.146 e. The molecule has 0 radical (unpaired) electrons. The van der Waals surface area contributed by atoms with E-state index >= 15 is 0 Å². The summed E-state index contributed by atoms with van der Waals surface area (Å²) in [5.41, 5.74) is 8.23. The van der Waals surface area contributed by atoms with Gasteiger partial charge in [0, 0.05) is 5.56 Å². The first kappa shape index (κ1) is 13.4. The number of nitrogens with one attached hydrogen (secondary N) is 1. The normalized spacial score (nSPS) is 10.3. The van der Waals surface area contributed by atoms with Gasteiger partial charge in [-0.15, -0.1) is 0 Å². The quantitative estimate of drug-likeness (QED) is 0.656. The smallest absolute Gasteiger partial charge is 0.146 e. The van der Waals surface area contributed by atoms with Gasteiger partial charge in [-0.2, -0.15) is 0 Å². The number of amidine groups is 1. The number of halogens is 1. The minimum atomic E-state index is -0.0137.